The summed E-state index contributed by atoms with van der Waals surface area (Å²) < 4.78 is 14.4. The molecule has 1 unspecified atom stereocenters. The lowest BCUT2D eigenvalue weighted by Gasteiger charge is -2.18. The first-order valence-corrected chi connectivity index (χ1v) is 9.31. The maximum absolute atomic E-state index is 12.0. The molecule has 0 saturated carbocycles. The van der Waals surface area contributed by atoms with E-state index in [0.717, 1.165) is 22.0 Å². The predicted octanol–water partition coefficient (Wildman–Crippen LogP) is 0.258. The average molecular weight is 393 g/mol. The molecule has 1 aromatic carbocycles. The van der Waals surface area contributed by atoms with Gasteiger partial charge in [0.05, 0.1) is 14.2 Å². The Bertz CT molecular complexity index is 861. The SMILES string of the molecule is CCn1c(-c2ccc(OC)cc2)nn(C[NH+]2C[C@H](O)C[C@H]2C(=O)OC)c1=S. The van der Waals surface area contributed by atoms with Crippen molar-refractivity contribution in [2.24, 2.45) is 0 Å². The van der Waals surface area contributed by atoms with Gasteiger partial charge in [-0.2, -0.15) is 4.68 Å². The molecule has 1 aromatic heterocycles. The molecule has 2 aromatic rings. The zero-order chi connectivity index (χ0) is 19.6. The van der Waals surface area contributed by atoms with Crippen LogP contribution in [0.5, 0.6) is 5.75 Å². The first kappa shape index (κ1) is 19.5. The van der Waals surface area contributed by atoms with E-state index < -0.39 is 12.1 Å². The number of methoxy groups -OCH3 is 2. The summed E-state index contributed by atoms with van der Waals surface area (Å²) in [6.07, 6.45) is -0.151. The van der Waals surface area contributed by atoms with Crippen LogP contribution in [0.2, 0.25) is 0 Å². The fraction of sp³-hybridized carbons (Fsp3) is 0.500. The third-order valence-electron chi connectivity index (χ3n) is 4.92. The average Bonchev–Trinajstić information content (AvgIpc) is 3.21. The Morgan fingerprint density at radius 2 is 2.07 bits per heavy atom. The van der Waals surface area contributed by atoms with E-state index in [1.165, 1.54) is 7.11 Å². The van der Waals surface area contributed by atoms with Gasteiger partial charge in [0.15, 0.2) is 18.5 Å². The van der Waals surface area contributed by atoms with Crippen molar-refractivity contribution in [3.8, 4) is 17.1 Å². The molecule has 1 fully saturated rings. The molecule has 1 aliphatic rings. The van der Waals surface area contributed by atoms with Gasteiger partial charge in [-0.15, -0.1) is 5.10 Å². The van der Waals surface area contributed by atoms with Crippen LogP contribution in [0.4, 0.5) is 0 Å². The van der Waals surface area contributed by atoms with E-state index in [0.29, 0.717) is 31.0 Å². The quantitative estimate of drug-likeness (QED) is 0.541. The Labute approximate surface area is 162 Å². The number of benzene rings is 1. The van der Waals surface area contributed by atoms with Gasteiger partial charge in [0.25, 0.3) is 0 Å². The van der Waals surface area contributed by atoms with E-state index in [-0.39, 0.29) is 5.97 Å². The molecule has 1 saturated heterocycles. The Balaban J connectivity index is 1.91. The normalized spacial score (nSPS) is 22.0. The van der Waals surface area contributed by atoms with Crippen molar-refractivity contribution in [2.45, 2.75) is 38.7 Å². The van der Waals surface area contributed by atoms with Crippen molar-refractivity contribution in [1.29, 1.82) is 0 Å². The lowest BCUT2D eigenvalue weighted by atomic mass is 10.2. The van der Waals surface area contributed by atoms with Gasteiger partial charge in [0.2, 0.25) is 4.77 Å². The van der Waals surface area contributed by atoms with Crippen molar-refractivity contribution in [3.63, 3.8) is 0 Å². The topological polar surface area (TPSA) is 83.0 Å². The molecule has 0 amide bonds. The smallest absolute Gasteiger partial charge is 0.364 e. The number of rotatable bonds is 6. The van der Waals surface area contributed by atoms with Gasteiger partial charge in [-0.25, -0.2) is 4.79 Å². The number of aliphatic hydroxyl groups is 1. The molecule has 2 heterocycles. The van der Waals surface area contributed by atoms with E-state index in [2.05, 4.69) is 0 Å². The van der Waals surface area contributed by atoms with Gasteiger partial charge in [-0.3, -0.25) is 0 Å². The molecule has 2 N–H and O–H groups in total. The van der Waals surface area contributed by atoms with Crippen LogP contribution in [0.3, 0.4) is 0 Å². The molecule has 0 radical (unpaired) electrons. The number of quaternary nitrogens is 1. The fourth-order valence-electron chi connectivity index (χ4n) is 3.52. The fourth-order valence-corrected chi connectivity index (χ4v) is 3.84. The Kier molecular flexibility index (Phi) is 5.93. The summed E-state index contributed by atoms with van der Waals surface area (Å²) in [6, 6.07) is 7.23. The number of likely N-dealkylation sites (tertiary alicyclic amines) is 1. The van der Waals surface area contributed by atoms with Crippen LogP contribution in [0.25, 0.3) is 11.4 Å². The molecule has 146 valence electrons. The monoisotopic (exact) mass is 393 g/mol. The van der Waals surface area contributed by atoms with Gasteiger partial charge < -0.3 is 24.0 Å². The van der Waals surface area contributed by atoms with Gasteiger partial charge in [-0.05, 0) is 43.4 Å². The van der Waals surface area contributed by atoms with E-state index in [9.17, 15) is 9.90 Å². The minimum Gasteiger partial charge on any atom is -0.497 e. The second kappa shape index (κ2) is 8.20. The lowest BCUT2D eigenvalue weighted by molar-refractivity contribution is -0.928. The second-order valence-corrected chi connectivity index (χ2v) is 6.93. The maximum atomic E-state index is 12.0. The highest BCUT2D eigenvalue weighted by atomic mass is 32.1. The number of carbonyl (C=O) groups is 1. The molecule has 3 atom stereocenters. The van der Waals surface area contributed by atoms with E-state index in [4.69, 9.17) is 26.8 Å². The number of esters is 1. The molecular formula is C18H25N4O4S+. The highest BCUT2D eigenvalue weighted by Crippen LogP contribution is 2.21. The number of nitrogens with one attached hydrogen (secondary N) is 1. The number of hydrogen-bond acceptors (Lipinski definition) is 6. The van der Waals surface area contributed by atoms with Gasteiger partial charge in [0.1, 0.15) is 18.4 Å². The van der Waals surface area contributed by atoms with Crippen LogP contribution >= 0.6 is 12.2 Å². The Hall–Kier alpha value is -2.23. The third kappa shape index (κ3) is 3.90. The minimum absolute atomic E-state index is 0.321. The summed E-state index contributed by atoms with van der Waals surface area (Å²) in [7, 11) is 2.99. The highest BCUT2D eigenvalue weighted by molar-refractivity contribution is 7.71. The Morgan fingerprint density at radius 3 is 2.67 bits per heavy atom. The summed E-state index contributed by atoms with van der Waals surface area (Å²) in [5, 5.41) is 14.7. The molecule has 27 heavy (non-hydrogen) atoms. The zero-order valence-corrected chi connectivity index (χ0v) is 16.5. The molecule has 0 bridgehead atoms. The predicted molar refractivity (Wildman–Crippen MR) is 101 cm³/mol. The number of aliphatic hydroxyl groups excluding tert-OH is 1. The summed E-state index contributed by atoms with van der Waals surface area (Å²) in [5.74, 6) is 1.22. The molecule has 0 aliphatic carbocycles. The number of aromatic nitrogens is 3. The summed E-state index contributed by atoms with van der Waals surface area (Å²) in [6.45, 7) is 3.54. The first-order valence-electron chi connectivity index (χ1n) is 8.91. The second-order valence-electron chi connectivity index (χ2n) is 6.56. The van der Waals surface area contributed by atoms with Crippen LogP contribution in [0, 0.1) is 4.77 Å². The molecule has 3 rings (SSSR count). The van der Waals surface area contributed by atoms with Gasteiger partial charge in [0, 0.05) is 18.5 Å². The van der Waals surface area contributed by atoms with Gasteiger partial charge >= 0.3 is 5.97 Å². The number of ether oxygens (including phenoxy) is 2. The summed E-state index contributed by atoms with van der Waals surface area (Å²) in [4.78, 5) is 12.9. The standard InChI is InChI=1S/C18H24N4O4S/c1-4-21-16(12-5-7-14(25-2)8-6-12)19-22(18(21)27)11-20-10-13(23)9-15(20)17(24)26-3/h5-8,13,15,23H,4,9-11H2,1-3H3/p+1/t13-,15+/m1/s1. The number of carbonyl (C=O) groups excluding carboxylic acids is 1. The van der Waals surface area contributed by atoms with E-state index >= 15 is 0 Å². The summed E-state index contributed by atoms with van der Waals surface area (Å²) >= 11 is 5.60. The molecule has 9 heteroatoms. The van der Waals surface area contributed by atoms with Crippen molar-refractivity contribution >= 4 is 18.2 Å². The van der Waals surface area contributed by atoms with Crippen LogP contribution in [-0.4, -0.2) is 58.3 Å². The minimum atomic E-state index is -0.535. The molecule has 0 spiro atoms. The van der Waals surface area contributed by atoms with E-state index in [1.807, 2.05) is 35.8 Å². The summed E-state index contributed by atoms with van der Waals surface area (Å²) in [5.41, 5.74) is 0.934. The van der Waals surface area contributed by atoms with Crippen LogP contribution in [0.15, 0.2) is 24.3 Å². The van der Waals surface area contributed by atoms with Crippen LogP contribution in [-0.2, 0) is 22.7 Å². The van der Waals surface area contributed by atoms with Crippen molar-refractivity contribution in [1.82, 2.24) is 14.3 Å². The van der Waals surface area contributed by atoms with Crippen molar-refractivity contribution in [2.75, 3.05) is 20.8 Å². The van der Waals surface area contributed by atoms with Crippen molar-refractivity contribution in [3.05, 3.63) is 29.0 Å². The van der Waals surface area contributed by atoms with Crippen LogP contribution in [0.1, 0.15) is 13.3 Å². The highest BCUT2D eigenvalue weighted by Gasteiger charge is 2.41. The molecular weight excluding hydrogens is 368 g/mol. The Morgan fingerprint density at radius 1 is 1.37 bits per heavy atom. The number of nitrogens with zero attached hydrogens (tertiary/aromatic N) is 3. The van der Waals surface area contributed by atoms with Crippen LogP contribution < -0.4 is 9.64 Å². The zero-order valence-electron chi connectivity index (χ0n) is 15.7. The van der Waals surface area contributed by atoms with E-state index in [1.54, 1.807) is 11.8 Å². The molecule has 1 aliphatic heterocycles. The van der Waals surface area contributed by atoms with Crippen molar-refractivity contribution < 1.29 is 24.3 Å². The van der Waals surface area contributed by atoms with Gasteiger partial charge in [-0.1, -0.05) is 0 Å². The lowest BCUT2D eigenvalue weighted by Crippen LogP contribution is -3.14. The number of hydrogen-bond donors (Lipinski definition) is 2. The first-order chi connectivity index (χ1) is 13.0. The maximum Gasteiger partial charge on any atom is 0.364 e. The largest absolute Gasteiger partial charge is 0.497 e. The third-order valence-corrected chi connectivity index (χ3v) is 5.36. The molecule has 8 nitrogen and oxygen atoms in total.